The minimum Gasteiger partial charge on any atom is -1.00 e. The van der Waals surface area contributed by atoms with Crippen LogP contribution in [0.3, 0.4) is 0 Å². The number of esters is 1. The Labute approximate surface area is 93.7 Å². The Bertz CT molecular complexity index is 101. The van der Waals surface area contributed by atoms with Gasteiger partial charge in [-0.2, -0.15) is 0 Å². The SMILES string of the molecule is CCCOC(=O)C(C)O.[Ca+2].[H-].[H-]. The van der Waals surface area contributed by atoms with Crippen molar-refractivity contribution in [1.82, 2.24) is 0 Å². The van der Waals surface area contributed by atoms with Crippen LogP contribution in [0, 0.1) is 0 Å². The predicted molar refractivity (Wildman–Crippen MR) is 40.9 cm³/mol. The molecule has 1 unspecified atom stereocenters. The summed E-state index contributed by atoms with van der Waals surface area (Å²) in [5, 5.41) is 8.57. The minimum absolute atomic E-state index is 0. The third kappa shape index (κ3) is 6.80. The van der Waals surface area contributed by atoms with Gasteiger partial charge in [-0.1, -0.05) is 6.92 Å². The summed E-state index contributed by atoms with van der Waals surface area (Å²) >= 11 is 0. The van der Waals surface area contributed by atoms with Crippen molar-refractivity contribution in [3.63, 3.8) is 0 Å². The van der Waals surface area contributed by atoms with Gasteiger partial charge in [0.15, 0.2) is 0 Å². The van der Waals surface area contributed by atoms with Crippen LogP contribution < -0.4 is 0 Å². The van der Waals surface area contributed by atoms with Crippen LogP contribution in [-0.4, -0.2) is 61.5 Å². The zero-order valence-electron chi connectivity index (χ0n) is 8.46. The second kappa shape index (κ2) is 7.79. The van der Waals surface area contributed by atoms with E-state index in [2.05, 4.69) is 4.74 Å². The Morgan fingerprint density at radius 1 is 1.80 bits per heavy atom. The zero-order chi connectivity index (χ0) is 7.28. The van der Waals surface area contributed by atoms with Gasteiger partial charge in [0.1, 0.15) is 6.10 Å². The summed E-state index contributed by atoms with van der Waals surface area (Å²) in [5.41, 5.74) is 0. The van der Waals surface area contributed by atoms with Crippen LogP contribution >= 0.6 is 0 Å². The number of carbonyl (C=O) groups excluding carboxylic acids is 1. The van der Waals surface area contributed by atoms with Crippen LogP contribution in [0.1, 0.15) is 23.1 Å². The van der Waals surface area contributed by atoms with Crippen LogP contribution in [0.25, 0.3) is 0 Å². The third-order valence-electron chi connectivity index (χ3n) is 0.790. The fraction of sp³-hybridized carbons (Fsp3) is 0.833. The molecule has 0 rings (SSSR count). The molecule has 1 atom stereocenters. The summed E-state index contributed by atoms with van der Waals surface area (Å²) in [5.74, 6) is -0.545. The number of ether oxygens (including phenoxy) is 1. The topological polar surface area (TPSA) is 46.5 Å². The quantitative estimate of drug-likeness (QED) is 0.490. The Balaban J connectivity index is -0.000000107. The molecule has 0 spiro atoms. The maximum absolute atomic E-state index is 10.4. The van der Waals surface area contributed by atoms with Crippen molar-refractivity contribution >= 4 is 43.7 Å². The summed E-state index contributed by atoms with van der Waals surface area (Å²) in [6.45, 7) is 3.68. The van der Waals surface area contributed by atoms with Crippen molar-refractivity contribution in [2.24, 2.45) is 0 Å². The van der Waals surface area contributed by atoms with Crippen molar-refractivity contribution in [3.8, 4) is 0 Å². The molecule has 0 radical (unpaired) electrons. The Kier molecular flexibility index (Phi) is 10.4. The van der Waals surface area contributed by atoms with Gasteiger partial charge in [0, 0.05) is 0 Å². The summed E-state index contributed by atoms with van der Waals surface area (Å²) < 4.78 is 4.56. The first-order valence-corrected chi connectivity index (χ1v) is 3.03. The number of hydrogen-bond acceptors (Lipinski definition) is 3. The molecule has 0 heterocycles. The number of carbonyl (C=O) groups is 1. The molecule has 4 heteroatoms. The van der Waals surface area contributed by atoms with Gasteiger partial charge in [0.05, 0.1) is 6.61 Å². The van der Waals surface area contributed by atoms with Crippen LogP contribution in [0.15, 0.2) is 0 Å². The maximum Gasteiger partial charge on any atom is 2.00 e. The monoisotopic (exact) mass is 174 g/mol. The van der Waals surface area contributed by atoms with Gasteiger partial charge >= 0.3 is 43.7 Å². The van der Waals surface area contributed by atoms with Crippen molar-refractivity contribution in [2.45, 2.75) is 26.4 Å². The molecule has 3 nitrogen and oxygen atoms in total. The van der Waals surface area contributed by atoms with Gasteiger partial charge in [-0.05, 0) is 13.3 Å². The van der Waals surface area contributed by atoms with Gasteiger partial charge in [-0.15, -0.1) is 0 Å². The predicted octanol–water partition coefficient (Wildman–Crippen LogP) is 0.165. The number of rotatable bonds is 3. The molecule has 0 aromatic heterocycles. The molecule has 1 N–H and O–H groups in total. The molecule has 0 aliphatic heterocycles. The zero-order valence-corrected chi connectivity index (χ0v) is 8.67. The second-order valence-electron chi connectivity index (χ2n) is 1.84. The Morgan fingerprint density at radius 2 is 2.30 bits per heavy atom. The molecule has 0 bridgehead atoms. The van der Waals surface area contributed by atoms with Crippen LogP contribution in [-0.2, 0) is 9.53 Å². The minimum atomic E-state index is -0.989. The van der Waals surface area contributed by atoms with Crippen molar-refractivity contribution in [3.05, 3.63) is 0 Å². The first kappa shape index (κ1) is 13.3. The fourth-order valence-corrected chi connectivity index (χ4v) is 0.323. The molecule has 0 saturated heterocycles. The molecule has 0 aliphatic carbocycles. The number of aliphatic hydroxyl groups is 1. The van der Waals surface area contributed by atoms with Gasteiger partial charge in [-0.3, -0.25) is 0 Å². The van der Waals surface area contributed by atoms with E-state index in [0.29, 0.717) is 6.61 Å². The molecule has 58 valence electrons. The Hall–Kier alpha value is 0.690. The van der Waals surface area contributed by atoms with Crippen molar-refractivity contribution in [1.29, 1.82) is 0 Å². The Morgan fingerprint density at radius 3 is 2.60 bits per heavy atom. The average Bonchev–Trinajstić information content (AvgIpc) is 1.82. The number of hydrogen-bond donors (Lipinski definition) is 1. The van der Waals surface area contributed by atoms with Gasteiger partial charge in [0.25, 0.3) is 0 Å². The van der Waals surface area contributed by atoms with E-state index in [4.69, 9.17) is 5.11 Å². The summed E-state index contributed by atoms with van der Waals surface area (Å²) in [7, 11) is 0. The largest absolute Gasteiger partial charge is 2.00 e. The average molecular weight is 174 g/mol. The van der Waals surface area contributed by atoms with Crippen LogP contribution in [0.4, 0.5) is 0 Å². The van der Waals surface area contributed by atoms with E-state index < -0.39 is 12.1 Å². The number of aliphatic hydroxyl groups excluding tert-OH is 1. The molecule has 0 aromatic carbocycles. The first-order valence-electron chi connectivity index (χ1n) is 3.03. The van der Waals surface area contributed by atoms with E-state index >= 15 is 0 Å². The van der Waals surface area contributed by atoms with Gasteiger partial charge < -0.3 is 12.7 Å². The van der Waals surface area contributed by atoms with Crippen LogP contribution in [0.2, 0.25) is 0 Å². The van der Waals surface area contributed by atoms with Crippen molar-refractivity contribution in [2.75, 3.05) is 6.61 Å². The van der Waals surface area contributed by atoms with Crippen LogP contribution in [0.5, 0.6) is 0 Å². The standard InChI is InChI=1S/C6H12O3.Ca.2H/c1-3-4-9-6(8)5(2)7;;;/h5,7H,3-4H2,1-2H3;;;/q;+2;2*-1. The normalized spacial score (nSPS) is 11.5. The van der Waals surface area contributed by atoms with Gasteiger partial charge in [-0.25, -0.2) is 4.79 Å². The molecule has 0 fully saturated rings. The summed E-state index contributed by atoms with van der Waals surface area (Å²) in [4.78, 5) is 10.4. The smallest absolute Gasteiger partial charge is 1.00 e. The van der Waals surface area contributed by atoms with Crippen molar-refractivity contribution < 1.29 is 17.5 Å². The second-order valence-corrected chi connectivity index (χ2v) is 1.84. The summed E-state index contributed by atoms with van der Waals surface area (Å²) in [6.07, 6.45) is -0.199. The molecule has 0 aromatic rings. The van der Waals surface area contributed by atoms with E-state index in [1.807, 2.05) is 6.92 Å². The molecular weight excluding hydrogens is 160 g/mol. The third-order valence-corrected chi connectivity index (χ3v) is 0.790. The molecule has 0 aliphatic rings. The van der Waals surface area contributed by atoms with E-state index in [9.17, 15) is 4.79 Å². The molecule has 10 heavy (non-hydrogen) atoms. The van der Waals surface area contributed by atoms with Gasteiger partial charge in [0.2, 0.25) is 0 Å². The molecular formula is C6H14CaO3. The first-order chi connectivity index (χ1) is 4.18. The molecule has 0 saturated carbocycles. The summed E-state index contributed by atoms with van der Waals surface area (Å²) in [6, 6.07) is 0. The molecule has 0 amide bonds. The van der Waals surface area contributed by atoms with E-state index in [0.717, 1.165) is 6.42 Å². The van der Waals surface area contributed by atoms with E-state index in [1.165, 1.54) is 6.92 Å². The van der Waals surface area contributed by atoms with E-state index in [-0.39, 0.29) is 40.6 Å². The fourth-order valence-electron chi connectivity index (χ4n) is 0.323. The maximum atomic E-state index is 10.4. The van der Waals surface area contributed by atoms with E-state index in [1.54, 1.807) is 0 Å².